The van der Waals surface area contributed by atoms with Crippen LogP contribution in [0.15, 0.2) is 0 Å². The third-order valence-corrected chi connectivity index (χ3v) is 6.45. The fourth-order valence-corrected chi connectivity index (χ4v) is 4.71. The monoisotopic (exact) mass is 309 g/mol. The molecule has 4 unspecified atom stereocenters. The van der Waals surface area contributed by atoms with Crippen molar-refractivity contribution in [2.45, 2.75) is 78.1 Å². The Kier molecular flexibility index (Phi) is 8.24. The Bertz CT molecular complexity index is 271. The Morgan fingerprint density at radius 3 is 1.77 bits per heavy atom. The molecule has 2 nitrogen and oxygen atoms in total. The summed E-state index contributed by atoms with van der Waals surface area (Å²) >= 11 is 0. The van der Waals surface area contributed by atoms with Crippen LogP contribution in [-0.2, 0) is 0 Å². The van der Waals surface area contributed by atoms with Crippen LogP contribution in [0.2, 0.25) is 0 Å². The Labute approximate surface area is 138 Å². The summed E-state index contributed by atoms with van der Waals surface area (Å²) in [5, 5.41) is 8.90. The second-order valence-electron chi connectivity index (χ2n) is 8.23. The molecule has 2 fully saturated rings. The van der Waals surface area contributed by atoms with Crippen molar-refractivity contribution in [3.63, 3.8) is 0 Å². The van der Waals surface area contributed by atoms with Crippen molar-refractivity contribution in [3.05, 3.63) is 0 Å². The van der Waals surface area contributed by atoms with Gasteiger partial charge >= 0.3 is 0 Å². The number of hydrogen-bond donors (Lipinski definition) is 1. The van der Waals surface area contributed by atoms with Gasteiger partial charge in [-0.1, -0.05) is 52.4 Å². The summed E-state index contributed by atoms with van der Waals surface area (Å²) in [5.74, 6) is 3.79. The number of hydrogen-bond acceptors (Lipinski definition) is 2. The Morgan fingerprint density at radius 1 is 0.773 bits per heavy atom. The number of aliphatic hydroxyl groups excluding tert-OH is 1. The minimum Gasteiger partial charge on any atom is -0.396 e. The van der Waals surface area contributed by atoms with E-state index in [0.717, 1.165) is 30.1 Å². The molecular weight excluding hydrogens is 270 g/mol. The van der Waals surface area contributed by atoms with Crippen LogP contribution in [0.3, 0.4) is 0 Å². The minimum absolute atomic E-state index is 0.364. The van der Waals surface area contributed by atoms with Crippen molar-refractivity contribution in [1.82, 2.24) is 4.90 Å². The molecule has 0 saturated heterocycles. The predicted octanol–water partition coefficient (Wildman–Crippen LogP) is 4.71. The van der Waals surface area contributed by atoms with Gasteiger partial charge in [-0.3, -0.25) is 0 Å². The van der Waals surface area contributed by atoms with Gasteiger partial charge in [-0.05, 0) is 55.9 Å². The number of nitrogens with zero attached hydrogens (tertiary/aromatic N) is 1. The molecule has 0 radical (unpaired) electrons. The van der Waals surface area contributed by atoms with Crippen LogP contribution in [0.5, 0.6) is 0 Å². The summed E-state index contributed by atoms with van der Waals surface area (Å²) in [7, 11) is 0. The van der Waals surface area contributed by atoms with Crippen LogP contribution in [0.4, 0.5) is 0 Å². The first-order valence-corrected chi connectivity index (χ1v) is 10.0. The molecule has 2 aliphatic carbocycles. The summed E-state index contributed by atoms with van der Waals surface area (Å²) in [4.78, 5) is 2.82. The van der Waals surface area contributed by atoms with E-state index in [1.54, 1.807) is 0 Å². The van der Waals surface area contributed by atoms with E-state index in [4.69, 9.17) is 5.11 Å². The van der Waals surface area contributed by atoms with Crippen molar-refractivity contribution >= 4 is 0 Å². The first kappa shape index (κ1) is 18.3. The standard InChI is InChI=1S/C20H39NO/c1-17-9-7-11-19(17)15-21(13-5-3-4-6-14-22)16-20-12-8-10-18(20)2/h17-20,22H,3-16H2,1-2H3. The molecule has 2 heteroatoms. The molecule has 22 heavy (non-hydrogen) atoms. The lowest BCUT2D eigenvalue weighted by Gasteiger charge is -2.31. The third-order valence-electron chi connectivity index (χ3n) is 6.45. The molecule has 0 aliphatic heterocycles. The smallest absolute Gasteiger partial charge is 0.0431 e. The lowest BCUT2D eigenvalue weighted by Crippen LogP contribution is -2.36. The van der Waals surface area contributed by atoms with E-state index in [1.807, 2.05) is 0 Å². The van der Waals surface area contributed by atoms with Gasteiger partial charge in [-0.15, -0.1) is 0 Å². The normalized spacial score (nSPS) is 32.2. The largest absolute Gasteiger partial charge is 0.396 e. The molecule has 0 aromatic rings. The van der Waals surface area contributed by atoms with E-state index in [2.05, 4.69) is 18.7 Å². The molecule has 0 heterocycles. The second-order valence-corrected chi connectivity index (χ2v) is 8.23. The highest BCUT2D eigenvalue weighted by Gasteiger charge is 2.29. The van der Waals surface area contributed by atoms with Crippen LogP contribution in [0.1, 0.15) is 78.1 Å². The summed E-state index contributed by atoms with van der Waals surface area (Å²) in [6.07, 6.45) is 13.5. The molecular formula is C20H39NO. The van der Waals surface area contributed by atoms with E-state index in [1.165, 1.54) is 77.4 Å². The average Bonchev–Trinajstić information content (AvgIpc) is 3.08. The van der Waals surface area contributed by atoms with Crippen LogP contribution >= 0.6 is 0 Å². The number of rotatable bonds is 10. The van der Waals surface area contributed by atoms with E-state index in [9.17, 15) is 0 Å². The molecule has 2 rings (SSSR count). The SMILES string of the molecule is CC1CCCC1CN(CCCCCCO)CC1CCCC1C. The summed E-state index contributed by atoms with van der Waals surface area (Å²) in [6.45, 7) is 9.29. The van der Waals surface area contributed by atoms with Gasteiger partial charge in [0.2, 0.25) is 0 Å². The Balaban J connectivity index is 1.77. The van der Waals surface area contributed by atoms with Crippen molar-refractivity contribution in [2.24, 2.45) is 23.7 Å². The van der Waals surface area contributed by atoms with Gasteiger partial charge < -0.3 is 10.0 Å². The summed E-state index contributed by atoms with van der Waals surface area (Å²) < 4.78 is 0. The molecule has 2 aliphatic rings. The maximum atomic E-state index is 8.90. The van der Waals surface area contributed by atoms with E-state index in [0.29, 0.717) is 6.61 Å². The van der Waals surface area contributed by atoms with E-state index >= 15 is 0 Å². The van der Waals surface area contributed by atoms with Gasteiger partial charge in [0, 0.05) is 19.7 Å². The molecule has 2 saturated carbocycles. The first-order chi connectivity index (χ1) is 10.7. The zero-order chi connectivity index (χ0) is 15.8. The fraction of sp³-hybridized carbons (Fsp3) is 1.00. The molecule has 0 amide bonds. The summed E-state index contributed by atoms with van der Waals surface area (Å²) in [6, 6.07) is 0. The van der Waals surface area contributed by atoms with Gasteiger partial charge in [0.05, 0.1) is 0 Å². The number of unbranched alkanes of at least 4 members (excludes halogenated alkanes) is 3. The minimum atomic E-state index is 0.364. The van der Waals surface area contributed by atoms with Gasteiger partial charge in [0.25, 0.3) is 0 Å². The third kappa shape index (κ3) is 5.85. The average molecular weight is 310 g/mol. The maximum Gasteiger partial charge on any atom is 0.0431 e. The lowest BCUT2D eigenvalue weighted by atomic mass is 9.94. The molecule has 4 atom stereocenters. The van der Waals surface area contributed by atoms with Crippen molar-refractivity contribution in [2.75, 3.05) is 26.2 Å². The molecule has 0 aromatic carbocycles. The van der Waals surface area contributed by atoms with Gasteiger partial charge in [0.15, 0.2) is 0 Å². The predicted molar refractivity (Wildman–Crippen MR) is 95.0 cm³/mol. The van der Waals surface area contributed by atoms with Crippen molar-refractivity contribution in [1.29, 1.82) is 0 Å². The molecule has 0 aromatic heterocycles. The molecule has 0 spiro atoms. The van der Waals surface area contributed by atoms with Crippen LogP contribution in [0.25, 0.3) is 0 Å². The van der Waals surface area contributed by atoms with Gasteiger partial charge in [-0.25, -0.2) is 0 Å². The quantitative estimate of drug-likeness (QED) is 0.591. The van der Waals surface area contributed by atoms with Crippen molar-refractivity contribution < 1.29 is 5.11 Å². The number of aliphatic hydroxyl groups is 1. The van der Waals surface area contributed by atoms with Crippen LogP contribution in [-0.4, -0.2) is 36.2 Å². The zero-order valence-corrected chi connectivity index (χ0v) is 15.1. The van der Waals surface area contributed by atoms with Crippen LogP contribution in [0, 0.1) is 23.7 Å². The highest BCUT2D eigenvalue weighted by atomic mass is 16.2. The molecule has 130 valence electrons. The summed E-state index contributed by atoms with van der Waals surface area (Å²) in [5.41, 5.74) is 0. The zero-order valence-electron chi connectivity index (χ0n) is 15.1. The van der Waals surface area contributed by atoms with E-state index in [-0.39, 0.29) is 0 Å². The maximum absolute atomic E-state index is 8.90. The van der Waals surface area contributed by atoms with Crippen molar-refractivity contribution in [3.8, 4) is 0 Å². The topological polar surface area (TPSA) is 23.5 Å². The highest BCUT2D eigenvalue weighted by Crippen LogP contribution is 2.34. The van der Waals surface area contributed by atoms with Gasteiger partial charge in [-0.2, -0.15) is 0 Å². The Hall–Kier alpha value is -0.0800. The second kappa shape index (κ2) is 9.93. The lowest BCUT2D eigenvalue weighted by molar-refractivity contribution is 0.166. The first-order valence-electron chi connectivity index (χ1n) is 10.0. The molecule has 0 bridgehead atoms. The van der Waals surface area contributed by atoms with Crippen LogP contribution < -0.4 is 0 Å². The highest BCUT2D eigenvalue weighted by molar-refractivity contribution is 4.81. The fourth-order valence-electron chi connectivity index (χ4n) is 4.71. The van der Waals surface area contributed by atoms with Gasteiger partial charge in [0.1, 0.15) is 0 Å². The Morgan fingerprint density at radius 2 is 1.32 bits per heavy atom. The molecule has 1 N–H and O–H groups in total. The van der Waals surface area contributed by atoms with E-state index < -0.39 is 0 Å².